The van der Waals surface area contributed by atoms with E-state index in [9.17, 15) is 9.59 Å². The summed E-state index contributed by atoms with van der Waals surface area (Å²) in [5.74, 6) is -1.05. The van der Waals surface area contributed by atoms with E-state index in [0.717, 1.165) is 11.0 Å². The Morgan fingerprint density at radius 3 is 2.75 bits per heavy atom. The number of hydrogen-bond acceptors (Lipinski definition) is 4. The van der Waals surface area contributed by atoms with Crippen LogP contribution in [0.15, 0.2) is 18.2 Å². The molecule has 1 rings (SSSR count). The zero-order chi connectivity index (χ0) is 15.0. The highest BCUT2D eigenvalue weighted by Gasteiger charge is 2.15. The predicted molar refractivity (Wildman–Crippen MR) is 79.1 cm³/mol. The van der Waals surface area contributed by atoms with Crippen molar-refractivity contribution in [2.24, 2.45) is 0 Å². The number of ether oxygens (including phenoxy) is 1. The van der Waals surface area contributed by atoms with Gasteiger partial charge in [-0.25, -0.2) is 4.79 Å². The van der Waals surface area contributed by atoms with Gasteiger partial charge in [-0.1, -0.05) is 0 Å². The van der Waals surface area contributed by atoms with Gasteiger partial charge in [0.1, 0.15) is 0 Å². The first-order valence-corrected chi connectivity index (χ1v) is 7.28. The molecule has 0 aliphatic heterocycles. The quantitative estimate of drug-likeness (QED) is 0.591. The maximum Gasteiger partial charge on any atom is 0.328 e. The van der Waals surface area contributed by atoms with Crippen molar-refractivity contribution in [2.75, 3.05) is 26.3 Å². The van der Waals surface area contributed by atoms with Crippen molar-refractivity contribution in [1.82, 2.24) is 4.90 Å². The molecule has 1 amide bonds. The Balaban J connectivity index is 2.67. The van der Waals surface area contributed by atoms with E-state index in [0.29, 0.717) is 31.2 Å². The second-order valence-corrected chi connectivity index (χ2v) is 5.07. The number of carboxylic acids is 1. The lowest BCUT2D eigenvalue weighted by Gasteiger charge is -2.19. The Labute approximate surface area is 122 Å². The van der Waals surface area contributed by atoms with Crippen molar-refractivity contribution in [1.29, 1.82) is 0 Å². The van der Waals surface area contributed by atoms with Gasteiger partial charge in [0.25, 0.3) is 5.91 Å². The average Bonchev–Trinajstić information content (AvgIpc) is 2.89. The van der Waals surface area contributed by atoms with Gasteiger partial charge in [-0.05, 0) is 32.1 Å². The molecular weight excluding hydrogens is 278 g/mol. The fourth-order valence-corrected chi connectivity index (χ4v) is 2.47. The number of amides is 1. The highest BCUT2D eigenvalue weighted by Crippen LogP contribution is 2.19. The van der Waals surface area contributed by atoms with E-state index in [1.54, 1.807) is 17.0 Å². The maximum atomic E-state index is 12.3. The summed E-state index contributed by atoms with van der Waals surface area (Å²) in [5.41, 5.74) is 0. The topological polar surface area (TPSA) is 66.8 Å². The fraction of sp³-hybridized carbons (Fsp3) is 0.429. The van der Waals surface area contributed by atoms with Crippen LogP contribution >= 0.6 is 11.3 Å². The minimum atomic E-state index is -1.00. The van der Waals surface area contributed by atoms with Gasteiger partial charge in [-0.2, -0.15) is 0 Å². The van der Waals surface area contributed by atoms with Gasteiger partial charge in [-0.15, -0.1) is 11.3 Å². The highest BCUT2D eigenvalue weighted by atomic mass is 32.1. The first-order valence-electron chi connectivity index (χ1n) is 6.46. The van der Waals surface area contributed by atoms with E-state index in [-0.39, 0.29) is 5.91 Å². The Hall–Kier alpha value is -1.66. The monoisotopic (exact) mass is 297 g/mol. The van der Waals surface area contributed by atoms with Crippen LogP contribution in [0.25, 0.3) is 6.08 Å². The van der Waals surface area contributed by atoms with Crippen LogP contribution in [-0.4, -0.2) is 48.2 Å². The highest BCUT2D eigenvalue weighted by molar-refractivity contribution is 7.14. The molecule has 6 heteroatoms. The molecule has 0 fully saturated rings. The standard InChI is InChI=1S/C14H19NO4S/c1-3-15(9-10-19-4-2)14(18)12-7-5-11(20-12)6-8-13(16)17/h5-8H,3-4,9-10H2,1-2H3,(H,16,17). The molecule has 0 aliphatic rings. The normalized spacial score (nSPS) is 10.9. The lowest BCUT2D eigenvalue weighted by molar-refractivity contribution is -0.131. The smallest absolute Gasteiger partial charge is 0.328 e. The molecule has 0 bridgehead atoms. The number of carbonyl (C=O) groups is 2. The van der Waals surface area contributed by atoms with E-state index in [2.05, 4.69) is 0 Å². The van der Waals surface area contributed by atoms with Crippen molar-refractivity contribution in [3.8, 4) is 0 Å². The number of carboxylic acid groups (broad SMARTS) is 1. The summed E-state index contributed by atoms with van der Waals surface area (Å²) in [4.78, 5) is 25.8. The summed E-state index contributed by atoms with van der Waals surface area (Å²) in [6.07, 6.45) is 2.55. The molecule has 0 aliphatic carbocycles. The van der Waals surface area contributed by atoms with E-state index in [4.69, 9.17) is 9.84 Å². The van der Waals surface area contributed by atoms with Crippen LogP contribution in [-0.2, 0) is 9.53 Å². The summed E-state index contributed by atoms with van der Waals surface area (Å²) >= 11 is 1.28. The van der Waals surface area contributed by atoms with Gasteiger partial charge in [0, 0.05) is 30.6 Å². The van der Waals surface area contributed by atoms with Crippen LogP contribution in [0, 0.1) is 0 Å². The number of aliphatic carboxylic acids is 1. The van der Waals surface area contributed by atoms with Gasteiger partial charge in [0.05, 0.1) is 11.5 Å². The fourth-order valence-electron chi connectivity index (χ4n) is 1.59. The first kappa shape index (κ1) is 16.4. The zero-order valence-corrected chi connectivity index (χ0v) is 12.5. The molecule has 0 atom stereocenters. The van der Waals surface area contributed by atoms with Crippen LogP contribution in [0.1, 0.15) is 28.4 Å². The van der Waals surface area contributed by atoms with Crippen molar-refractivity contribution < 1.29 is 19.4 Å². The third kappa shape index (κ3) is 5.14. The Morgan fingerprint density at radius 1 is 1.40 bits per heavy atom. The van der Waals surface area contributed by atoms with Gasteiger partial charge in [0.15, 0.2) is 0 Å². The molecule has 1 heterocycles. The lowest BCUT2D eigenvalue weighted by Crippen LogP contribution is -2.33. The van der Waals surface area contributed by atoms with Crippen LogP contribution in [0.5, 0.6) is 0 Å². The van der Waals surface area contributed by atoms with Crippen molar-refractivity contribution in [3.05, 3.63) is 28.0 Å². The molecule has 1 aromatic rings. The Morgan fingerprint density at radius 2 is 2.15 bits per heavy atom. The number of thiophene rings is 1. The molecule has 0 saturated carbocycles. The van der Waals surface area contributed by atoms with Crippen molar-refractivity contribution >= 4 is 29.3 Å². The molecule has 0 saturated heterocycles. The lowest BCUT2D eigenvalue weighted by atomic mass is 10.3. The largest absolute Gasteiger partial charge is 0.478 e. The average molecular weight is 297 g/mol. The number of rotatable bonds is 8. The molecular formula is C14H19NO4S. The van der Waals surface area contributed by atoms with Crippen molar-refractivity contribution in [3.63, 3.8) is 0 Å². The second-order valence-electron chi connectivity index (χ2n) is 3.96. The van der Waals surface area contributed by atoms with Crippen LogP contribution in [0.3, 0.4) is 0 Å². The summed E-state index contributed by atoms with van der Waals surface area (Å²) in [6.45, 7) is 6.16. The summed E-state index contributed by atoms with van der Waals surface area (Å²) in [7, 11) is 0. The van der Waals surface area contributed by atoms with Crippen LogP contribution in [0.2, 0.25) is 0 Å². The third-order valence-corrected chi connectivity index (χ3v) is 3.64. The Kier molecular flexibility index (Phi) is 6.97. The third-order valence-electron chi connectivity index (χ3n) is 2.61. The minimum absolute atomic E-state index is 0.0489. The molecule has 110 valence electrons. The van der Waals surface area contributed by atoms with Crippen LogP contribution < -0.4 is 0 Å². The minimum Gasteiger partial charge on any atom is -0.478 e. The first-order chi connectivity index (χ1) is 9.58. The predicted octanol–water partition coefficient (Wildman–Crippen LogP) is 2.34. The number of hydrogen-bond donors (Lipinski definition) is 1. The SMILES string of the molecule is CCOCCN(CC)C(=O)c1ccc(C=CC(=O)O)s1. The van der Waals surface area contributed by atoms with E-state index < -0.39 is 5.97 Å². The molecule has 0 radical (unpaired) electrons. The van der Waals surface area contributed by atoms with E-state index in [1.165, 1.54) is 17.4 Å². The molecule has 0 spiro atoms. The molecule has 1 aromatic heterocycles. The van der Waals surface area contributed by atoms with Crippen molar-refractivity contribution in [2.45, 2.75) is 13.8 Å². The molecule has 0 aromatic carbocycles. The summed E-state index contributed by atoms with van der Waals surface area (Å²) < 4.78 is 5.26. The number of likely N-dealkylation sites (N-methyl/N-ethyl adjacent to an activating group) is 1. The molecule has 20 heavy (non-hydrogen) atoms. The van der Waals surface area contributed by atoms with Gasteiger partial charge < -0.3 is 14.7 Å². The summed E-state index contributed by atoms with van der Waals surface area (Å²) in [6, 6.07) is 3.46. The van der Waals surface area contributed by atoms with E-state index in [1.807, 2.05) is 13.8 Å². The second kappa shape index (κ2) is 8.50. The van der Waals surface area contributed by atoms with Gasteiger partial charge in [-0.3, -0.25) is 4.79 Å². The number of carbonyl (C=O) groups excluding carboxylic acids is 1. The Bertz CT molecular complexity index is 481. The van der Waals surface area contributed by atoms with Crippen LogP contribution in [0.4, 0.5) is 0 Å². The van der Waals surface area contributed by atoms with Gasteiger partial charge >= 0.3 is 5.97 Å². The molecule has 5 nitrogen and oxygen atoms in total. The van der Waals surface area contributed by atoms with Gasteiger partial charge in [0.2, 0.25) is 0 Å². The number of nitrogens with zero attached hydrogens (tertiary/aromatic N) is 1. The zero-order valence-electron chi connectivity index (χ0n) is 11.7. The summed E-state index contributed by atoms with van der Waals surface area (Å²) in [5, 5.41) is 8.57. The molecule has 0 unspecified atom stereocenters. The maximum absolute atomic E-state index is 12.3. The molecule has 1 N–H and O–H groups in total. The van der Waals surface area contributed by atoms with E-state index >= 15 is 0 Å².